The summed E-state index contributed by atoms with van der Waals surface area (Å²) in [6, 6.07) is 2.81. The second kappa shape index (κ2) is 5.12. The highest BCUT2D eigenvalue weighted by Crippen LogP contribution is 2.20. The summed E-state index contributed by atoms with van der Waals surface area (Å²) in [5, 5.41) is 13.5. The number of rotatable bonds is 5. The monoisotopic (exact) mass is 287 g/mol. The van der Waals surface area contributed by atoms with Gasteiger partial charge in [0.1, 0.15) is 11.5 Å². The summed E-state index contributed by atoms with van der Waals surface area (Å²) in [6.07, 6.45) is 1.17. The molecule has 1 heterocycles. The van der Waals surface area contributed by atoms with Gasteiger partial charge in [0.05, 0.1) is 9.67 Å². The fourth-order valence-electron chi connectivity index (χ4n) is 1.28. The first-order chi connectivity index (χ1) is 8.54. The zero-order valence-corrected chi connectivity index (χ0v) is 12.1. The number of aromatic nitrogens is 1. The average Bonchev–Trinajstić information content (AvgIpc) is 2.24. The van der Waals surface area contributed by atoms with E-state index in [0.29, 0.717) is 5.82 Å². The van der Waals surface area contributed by atoms with Gasteiger partial charge in [-0.15, -0.1) is 0 Å². The van der Waals surface area contributed by atoms with Gasteiger partial charge >= 0.3 is 0 Å². The first-order valence-corrected chi connectivity index (χ1v) is 7.49. The van der Waals surface area contributed by atoms with Gasteiger partial charge in [-0.25, -0.2) is 13.4 Å². The number of pyridine rings is 1. The highest BCUT2D eigenvalue weighted by atomic mass is 32.2. The molecule has 0 aromatic carbocycles. The molecule has 0 saturated heterocycles. The van der Waals surface area contributed by atoms with Crippen molar-refractivity contribution in [3.8, 4) is 0 Å². The van der Waals surface area contributed by atoms with Crippen LogP contribution in [0, 0.1) is 17.0 Å². The van der Waals surface area contributed by atoms with Gasteiger partial charge in [0.2, 0.25) is 0 Å². The molecule has 0 spiro atoms. The topological polar surface area (TPSA) is 102 Å². The second-order valence-electron chi connectivity index (χ2n) is 4.94. The lowest BCUT2D eigenvalue weighted by molar-refractivity contribution is -0.385. The third-order valence-electron chi connectivity index (χ3n) is 2.95. The number of aryl methyl sites for hydroxylation is 1. The van der Waals surface area contributed by atoms with Crippen molar-refractivity contribution in [3.63, 3.8) is 0 Å². The Labute approximate surface area is 112 Å². The highest BCUT2D eigenvalue weighted by molar-refractivity contribution is 7.92. The van der Waals surface area contributed by atoms with Gasteiger partial charge in [0, 0.05) is 18.9 Å². The zero-order valence-electron chi connectivity index (χ0n) is 11.3. The molecule has 0 fully saturated rings. The fourth-order valence-corrected chi connectivity index (χ4v) is 1.61. The molecule has 7 nitrogen and oxygen atoms in total. The van der Waals surface area contributed by atoms with Crippen molar-refractivity contribution >= 4 is 21.3 Å². The van der Waals surface area contributed by atoms with Crippen molar-refractivity contribution in [1.29, 1.82) is 0 Å². The first kappa shape index (κ1) is 15.4. The first-order valence-electron chi connectivity index (χ1n) is 5.60. The molecule has 1 N–H and O–H groups in total. The predicted molar refractivity (Wildman–Crippen MR) is 73.0 cm³/mol. The third kappa shape index (κ3) is 3.63. The van der Waals surface area contributed by atoms with Crippen LogP contribution in [-0.2, 0) is 9.84 Å². The molecule has 0 unspecified atom stereocenters. The van der Waals surface area contributed by atoms with E-state index >= 15 is 0 Å². The van der Waals surface area contributed by atoms with Crippen LogP contribution in [0.25, 0.3) is 0 Å². The summed E-state index contributed by atoms with van der Waals surface area (Å²) in [6.45, 7) is 4.92. The number of sulfone groups is 1. The van der Waals surface area contributed by atoms with E-state index in [-0.39, 0.29) is 17.9 Å². The lowest BCUT2D eigenvalue weighted by atomic mass is 10.2. The molecular weight excluding hydrogens is 270 g/mol. The van der Waals surface area contributed by atoms with E-state index in [2.05, 4.69) is 10.3 Å². The SMILES string of the molecule is Cc1nc(NCC(C)(C)S(C)(=O)=O)ccc1[N+](=O)[O-]. The zero-order chi connectivity index (χ0) is 14.8. The Morgan fingerprint density at radius 1 is 1.42 bits per heavy atom. The van der Waals surface area contributed by atoms with Crippen LogP contribution in [0.1, 0.15) is 19.5 Å². The van der Waals surface area contributed by atoms with E-state index in [4.69, 9.17) is 0 Å². The van der Waals surface area contributed by atoms with E-state index in [1.807, 2.05) is 0 Å². The van der Waals surface area contributed by atoms with Crippen LogP contribution in [-0.4, -0.2) is 35.9 Å². The van der Waals surface area contributed by atoms with Crippen molar-refractivity contribution in [3.05, 3.63) is 27.9 Å². The van der Waals surface area contributed by atoms with Crippen molar-refractivity contribution < 1.29 is 13.3 Å². The molecule has 0 radical (unpaired) electrons. The number of hydrogen-bond acceptors (Lipinski definition) is 6. The highest BCUT2D eigenvalue weighted by Gasteiger charge is 2.30. The molecule has 0 aliphatic rings. The lowest BCUT2D eigenvalue weighted by Gasteiger charge is -2.23. The van der Waals surface area contributed by atoms with Crippen LogP contribution in [0.4, 0.5) is 11.5 Å². The van der Waals surface area contributed by atoms with Gasteiger partial charge < -0.3 is 5.32 Å². The number of nitro groups is 1. The van der Waals surface area contributed by atoms with Crippen molar-refractivity contribution in [2.45, 2.75) is 25.5 Å². The minimum atomic E-state index is -3.20. The summed E-state index contributed by atoms with van der Waals surface area (Å²) in [7, 11) is -3.20. The van der Waals surface area contributed by atoms with Gasteiger partial charge in [-0.1, -0.05) is 0 Å². The van der Waals surface area contributed by atoms with Crippen molar-refractivity contribution in [2.75, 3.05) is 18.1 Å². The van der Waals surface area contributed by atoms with E-state index < -0.39 is 19.5 Å². The Bertz CT molecular complexity index is 596. The predicted octanol–water partition coefficient (Wildman–Crippen LogP) is 1.53. The lowest BCUT2D eigenvalue weighted by Crippen LogP contribution is -2.38. The van der Waals surface area contributed by atoms with E-state index in [1.54, 1.807) is 13.8 Å². The van der Waals surface area contributed by atoms with Gasteiger partial charge in [0.25, 0.3) is 5.69 Å². The molecule has 0 bridgehead atoms. The molecule has 0 amide bonds. The number of hydrogen-bond donors (Lipinski definition) is 1. The molecule has 1 rings (SSSR count). The molecule has 8 heteroatoms. The van der Waals surface area contributed by atoms with Gasteiger partial charge in [0.15, 0.2) is 9.84 Å². The van der Waals surface area contributed by atoms with Crippen molar-refractivity contribution in [2.24, 2.45) is 0 Å². The molecule has 106 valence electrons. The normalized spacial score (nSPS) is 12.2. The minimum absolute atomic E-state index is 0.0621. The summed E-state index contributed by atoms with van der Waals surface area (Å²) in [5.74, 6) is 0.417. The van der Waals surface area contributed by atoms with Crippen LogP contribution >= 0.6 is 0 Å². The Balaban J connectivity index is 2.86. The summed E-state index contributed by atoms with van der Waals surface area (Å²) >= 11 is 0. The molecule has 0 atom stereocenters. The van der Waals surface area contributed by atoms with Gasteiger partial charge in [-0.2, -0.15) is 0 Å². The van der Waals surface area contributed by atoms with Crippen LogP contribution in [0.3, 0.4) is 0 Å². The molecular formula is C11H17N3O4S. The maximum atomic E-state index is 11.5. The molecule has 1 aromatic heterocycles. The van der Waals surface area contributed by atoms with E-state index in [0.717, 1.165) is 0 Å². The molecule has 1 aromatic rings. The maximum absolute atomic E-state index is 11.5. The van der Waals surface area contributed by atoms with Gasteiger partial charge in [-0.05, 0) is 26.8 Å². The Morgan fingerprint density at radius 2 is 2.00 bits per heavy atom. The smallest absolute Gasteiger partial charge is 0.290 e. The van der Waals surface area contributed by atoms with Gasteiger partial charge in [-0.3, -0.25) is 10.1 Å². The van der Waals surface area contributed by atoms with E-state index in [1.165, 1.54) is 25.3 Å². The van der Waals surface area contributed by atoms with E-state index in [9.17, 15) is 18.5 Å². The maximum Gasteiger partial charge on any atom is 0.290 e. The summed E-state index contributed by atoms with van der Waals surface area (Å²) in [5.41, 5.74) is 0.222. The quantitative estimate of drug-likeness (QED) is 0.651. The average molecular weight is 287 g/mol. The number of nitrogens with zero attached hydrogens (tertiary/aromatic N) is 2. The second-order valence-corrected chi connectivity index (χ2v) is 7.59. The van der Waals surface area contributed by atoms with Crippen LogP contribution in [0.2, 0.25) is 0 Å². The third-order valence-corrected chi connectivity index (χ3v) is 5.11. The molecule has 0 aliphatic carbocycles. The Kier molecular flexibility index (Phi) is 4.14. The minimum Gasteiger partial charge on any atom is -0.368 e. The summed E-state index contributed by atoms with van der Waals surface area (Å²) in [4.78, 5) is 14.2. The molecule has 19 heavy (non-hydrogen) atoms. The van der Waals surface area contributed by atoms with Crippen LogP contribution in [0.5, 0.6) is 0 Å². The Hall–Kier alpha value is -1.70. The molecule has 0 aliphatic heterocycles. The number of anilines is 1. The molecule has 0 saturated carbocycles. The standard InChI is InChI=1S/C11H17N3O4S/c1-8-9(14(15)16)5-6-10(13-8)12-7-11(2,3)19(4,17)18/h5-6H,7H2,1-4H3,(H,12,13). The Morgan fingerprint density at radius 3 is 2.42 bits per heavy atom. The van der Waals surface area contributed by atoms with Crippen molar-refractivity contribution in [1.82, 2.24) is 4.98 Å². The van der Waals surface area contributed by atoms with Crippen LogP contribution in [0.15, 0.2) is 12.1 Å². The largest absolute Gasteiger partial charge is 0.368 e. The summed E-state index contributed by atoms with van der Waals surface area (Å²) < 4.78 is 22.1. The van der Waals surface area contributed by atoms with Crippen LogP contribution < -0.4 is 5.32 Å². The number of nitrogens with one attached hydrogen (secondary N) is 1. The fraction of sp³-hybridized carbons (Fsp3) is 0.545.